The van der Waals surface area contributed by atoms with E-state index in [1.165, 1.54) is 36.4 Å². The third-order valence-electron chi connectivity index (χ3n) is 5.21. The van der Waals surface area contributed by atoms with Gasteiger partial charge >= 0.3 is 5.97 Å². The van der Waals surface area contributed by atoms with Crippen LogP contribution in [0, 0.1) is 11.7 Å². The number of likely N-dealkylation sites (tertiary alicyclic amines) is 1. The molecular weight excluding hydrogens is 417 g/mol. The molecule has 1 aliphatic heterocycles. The highest BCUT2D eigenvalue weighted by molar-refractivity contribution is 5.97. The lowest BCUT2D eigenvalue weighted by Crippen LogP contribution is -2.43. The Kier molecular flexibility index (Phi) is 7.54. The Morgan fingerprint density at radius 2 is 1.66 bits per heavy atom. The number of nitrogens with one attached hydrogen (secondary N) is 2. The Bertz CT molecular complexity index is 992. The lowest BCUT2D eigenvalue weighted by Gasteiger charge is -2.32. The summed E-state index contributed by atoms with van der Waals surface area (Å²) in [5.41, 5.74) is 1.24. The fourth-order valence-electron chi connectivity index (χ4n) is 3.48. The Morgan fingerprint density at radius 1 is 1.00 bits per heavy atom. The van der Waals surface area contributed by atoms with Crippen LogP contribution >= 0.6 is 0 Å². The second-order valence-corrected chi connectivity index (χ2v) is 7.56. The number of amides is 3. The quantitative estimate of drug-likeness (QED) is 0.611. The number of hydrogen-bond acceptors (Lipinski definition) is 4. The zero-order valence-electron chi connectivity index (χ0n) is 17.3. The van der Waals surface area contributed by atoms with Gasteiger partial charge in [-0.05, 0) is 61.4 Å². The van der Waals surface area contributed by atoms with Gasteiger partial charge in [0.2, 0.25) is 5.91 Å². The van der Waals surface area contributed by atoms with Crippen molar-refractivity contribution in [2.75, 3.05) is 25.0 Å². The molecule has 2 aromatic carbocycles. The van der Waals surface area contributed by atoms with Crippen LogP contribution in [0.1, 0.15) is 40.0 Å². The minimum absolute atomic E-state index is 0.0292. The van der Waals surface area contributed by atoms with Crippen LogP contribution in [0.2, 0.25) is 0 Å². The number of carboxylic acid groups (broad SMARTS) is 1. The minimum atomic E-state index is -0.996. The van der Waals surface area contributed by atoms with Crippen molar-refractivity contribution < 1.29 is 28.7 Å². The number of carboxylic acids is 1. The molecule has 168 valence electrons. The van der Waals surface area contributed by atoms with E-state index in [1.807, 2.05) is 0 Å². The minimum Gasteiger partial charge on any atom is -0.481 e. The lowest BCUT2D eigenvalue weighted by molar-refractivity contribution is -0.136. The van der Waals surface area contributed by atoms with Gasteiger partial charge in [-0.2, -0.15) is 0 Å². The molecule has 1 heterocycles. The summed E-state index contributed by atoms with van der Waals surface area (Å²) < 4.78 is 13.1. The third kappa shape index (κ3) is 6.13. The molecular formula is C23H24FN3O5. The van der Waals surface area contributed by atoms with Crippen LogP contribution in [-0.2, 0) is 9.59 Å². The zero-order chi connectivity index (χ0) is 23.1. The smallest absolute Gasteiger partial charge is 0.305 e. The van der Waals surface area contributed by atoms with Crippen molar-refractivity contribution in [2.24, 2.45) is 5.92 Å². The molecule has 1 fully saturated rings. The van der Waals surface area contributed by atoms with E-state index in [0.29, 0.717) is 36.2 Å². The van der Waals surface area contributed by atoms with Crippen LogP contribution < -0.4 is 10.6 Å². The number of aliphatic carboxylic acids is 1. The molecule has 9 heteroatoms. The van der Waals surface area contributed by atoms with Gasteiger partial charge in [-0.3, -0.25) is 19.2 Å². The maximum absolute atomic E-state index is 13.1. The maximum atomic E-state index is 13.1. The summed E-state index contributed by atoms with van der Waals surface area (Å²) in [6.07, 6.45) is 1.16. The molecule has 0 unspecified atom stereocenters. The average molecular weight is 441 g/mol. The first kappa shape index (κ1) is 22.9. The molecule has 0 spiro atoms. The number of carbonyl (C=O) groups excluding carboxylic acids is 3. The molecule has 32 heavy (non-hydrogen) atoms. The first-order valence-electron chi connectivity index (χ1n) is 10.3. The highest BCUT2D eigenvalue weighted by Crippen LogP contribution is 2.21. The van der Waals surface area contributed by atoms with Gasteiger partial charge < -0.3 is 20.6 Å². The van der Waals surface area contributed by atoms with Gasteiger partial charge in [0, 0.05) is 36.4 Å². The van der Waals surface area contributed by atoms with Gasteiger partial charge in [-0.25, -0.2) is 4.39 Å². The highest BCUT2D eigenvalue weighted by Gasteiger charge is 2.29. The number of anilines is 1. The molecule has 0 radical (unpaired) electrons. The molecule has 0 aromatic heterocycles. The first-order chi connectivity index (χ1) is 15.3. The lowest BCUT2D eigenvalue weighted by atomic mass is 9.96. The standard InChI is InChI=1S/C23H24FN3O5/c24-18-7-3-16(4-8-18)23(32)27-13-1-2-17(14-27)22(31)26-19-9-5-15(6-10-19)21(30)25-12-11-20(28)29/h3-10,17H,1-2,11-14H2,(H,25,30)(H,26,31)(H,28,29)/t17-/m0/s1. The Hall–Kier alpha value is -3.75. The van der Waals surface area contributed by atoms with E-state index in [1.54, 1.807) is 17.0 Å². The van der Waals surface area contributed by atoms with Crippen molar-refractivity contribution in [1.29, 1.82) is 0 Å². The molecule has 1 saturated heterocycles. The number of benzene rings is 2. The Labute approximate surface area is 184 Å². The number of rotatable bonds is 7. The van der Waals surface area contributed by atoms with Crippen molar-refractivity contribution >= 4 is 29.4 Å². The molecule has 0 saturated carbocycles. The largest absolute Gasteiger partial charge is 0.481 e. The van der Waals surface area contributed by atoms with Crippen molar-refractivity contribution in [1.82, 2.24) is 10.2 Å². The molecule has 3 rings (SSSR count). The average Bonchev–Trinajstić information content (AvgIpc) is 2.79. The second-order valence-electron chi connectivity index (χ2n) is 7.56. The first-order valence-corrected chi connectivity index (χ1v) is 10.3. The Balaban J connectivity index is 1.54. The van der Waals surface area contributed by atoms with Crippen LogP contribution in [0.5, 0.6) is 0 Å². The fourth-order valence-corrected chi connectivity index (χ4v) is 3.48. The van der Waals surface area contributed by atoms with Crippen molar-refractivity contribution in [2.45, 2.75) is 19.3 Å². The highest BCUT2D eigenvalue weighted by atomic mass is 19.1. The fraction of sp³-hybridized carbons (Fsp3) is 0.304. The number of halogens is 1. The summed E-state index contributed by atoms with van der Waals surface area (Å²) in [6.45, 7) is 0.833. The van der Waals surface area contributed by atoms with E-state index in [0.717, 1.165) is 0 Å². The second kappa shape index (κ2) is 10.5. The predicted octanol–water partition coefficient (Wildman–Crippen LogP) is 2.52. The third-order valence-corrected chi connectivity index (χ3v) is 5.21. The number of carbonyl (C=O) groups is 4. The van der Waals surface area contributed by atoms with Gasteiger partial charge in [0.1, 0.15) is 5.82 Å². The summed E-state index contributed by atoms with van der Waals surface area (Å²) in [7, 11) is 0. The van der Waals surface area contributed by atoms with E-state index >= 15 is 0 Å². The number of nitrogens with zero attached hydrogens (tertiary/aromatic N) is 1. The molecule has 0 aliphatic carbocycles. The zero-order valence-corrected chi connectivity index (χ0v) is 17.3. The molecule has 3 amide bonds. The summed E-state index contributed by atoms with van der Waals surface area (Å²) >= 11 is 0. The van der Waals surface area contributed by atoms with Crippen LogP contribution in [0.3, 0.4) is 0 Å². The molecule has 3 N–H and O–H groups in total. The Morgan fingerprint density at radius 3 is 2.31 bits per heavy atom. The van der Waals surface area contributed by atoms with Crippen LogP contribution in [-0.4, -0.2) is 53.3 Å². The van der Waals surface area contributed by atoms with E-state index in [9.17, 15) is 23.6 Å². The van der Waals surface area contributed by atoms with Crippen molar-refractivity contribution in [3.05, 3.63) is 65.5 Å². The molecule has 2 aromatic rings. The molecule has 1 aliphatic rings. The van der Waals surface area contributed by atoms with Gasteiger partial charge in [-0.1, -0.05) is 0 Å². The van der Waals surface area contributed by atoms with E-state index in [2.05, 4.69) is 10.6 Å². The summed E-state index contributed by atoms with van der Waals surface area (Å²) in [4.78, 5) is 49.5. The predicted molar refractivity (Wildman–Crippen MR) is 115 cm³/mol. The van der Waals surface area contributed by atoms with Gasteiger partial charge in [0.05, 0.1) is 12.3 Å². The van der Waals surface area contributed by atoms with Crippen LogP contribution in [0.25, 0.3) is 0 Å². The summed E-state index contributed by atoms with van der Waals surface area (Å²) in [6, 6.07) is 11.6. The van der Waals surface area contributed by atoms with Crippen LogP contribution in [0.15, 0.2) is 48.5 Å². The SMILES string of the molecule is O=C(O)CCNC(=O)c1ccc(NC(=O)[C@H]2CCCN(C(=O)c3ccc(F)cc3)C2)cc1. The van der Waals surface area contributed by atoms with Crippen molar-refractivity contribution in [3.8, 4) is 0 Å². The number of piperidine rings is 1. The summed E-state index contributed by atoms with van der Waals surface area (Å²) in [5, 5.41) is 13.9. The molecule has 1 atom stereocenters. The van der Waals surface area contributed by atoms with Gasteiger partial charge in [0.25, 0.3) is 11.8 Å². The van der Waals surface area contributed by atoms with Gasteiger partial charge in [-0.15, -0.1) is 0 Å². The normalized spacial score (nSPS) is 15.7. The van der Waals surface area contributed by atoms with Gasteiger partial charge in [0.15, 0.2) is 0 Å². The van der Waals surface area contributed by atoms with Crippen LogP contribution in [0.4, 0.5) is 10.1 Å². The summed E-state index contributed by atoms with van der Waals surface area (Å²) in [5.74, 6) is -2.65. The maximum Gasteiger partial charge on any atom is 0.305 e. The monoisotopic (exact) mass is 441 g/mol. The number of hydrogen-bond donors (Lipinski definition) is 3. The molecule has 0 bridgehead atoms. The van der Waals surface area contributed by atoms with E-state index in [4.69, 9.17) is 5.11 Å². The van der Waals surface area contributed by atoms with E-state index < -0.39 is 17.7 Å². The van der Waals surface area contributed by atoms with E-state index in [-0.39, 0.29) is 37.2 Å². The molecule has 8 nitrogen and oxygen atoms in total. The van der Waals surface area contributed by atoms with Crippen molar-refractivity contribution in [3.63, 3.8) is 0 Å². The topological polar surface area (TPSA) is 116 Å².